The van der Waals surface area contributed by atoms with Crippen LogP contribution in [0.3, 0.4) is 0 Å². The summed E-state index contributed by atoms with van der Waals surface area (Å²) in [4.78, 5) is 12.7. The van der Waals surface area contributed by atoms with Crippen molar-refractivity contribution in [2.45, 2.75) is 52.9 Å². The van der Waals surface area contributed by atoms with Crippen molar-refractivity contribution in [3.63, 3.8) is 0 Å². The number of carbonyl (C=O) groups is 1. The van der Waals surface area contributed by atoms with Crippen LogP contribution in [0.2, 0.25) is 0 Å². The van der Waals surface area contributed by atoms with Crippen LogP contribution in [0.15, 0.2) is 30.3 Å². The SMILES string of the molecule is CCC(CC)(CC)CCC[PH+]=O.CNC(=O)N(C)c1ccccc1. The molecule has 0 radical (unpaired) electrons. The second kappa shape index (κ2) is 12.9. The van der Waals surface area contributed by atoms with Gasteiger partial charge in [-0.3, -0.25) is 4.90 Å². The van der Waals surface area contributed by atoms with Crippen LogP contribution in [0.5, 0.6) is 0 Å². The number of nitrogens with zero attached hydrogens (tertiary/aromatic N) is 1. The number of amides is 2. The predicted octanol–water partition coefficient (Wildman–Crippen LogP) is 5.47. The maximum absolute atomic E-state index is 11.1. The van der Waals surface area contributed by atoms with E-state index in [1.54, 1.807) is 19.0 Å². The Balaban J connectivity index is 0.000000441. The minimum Gasteiger partial charge on any atom is -0.341 e. The summed E-state index contributed by atoms with van der Waals surface area (Å²) in [5.74, 6) is 0. The van der Waals surface area contributed by atoms with E-state index in [0.29, 0.717) is 5.41 Å². The van der Waals surface area contributed by atoms with Gasteiger partial charge in [0.1, 0.15) is 6.16 Å². The van der Waals surface area contributed by atoms with Gasteiger partial charge in [-0.2, -0.15) is 0 Å². The van der Waals surface area contributed by atoms with Crippen LogP contribution in [0.1, 0.15) is 52.9 Å². The van der Waals surface area contributed by atoms with E-state index in [1.165, 1.54) is 25.7 Å². The van der Waals surface area contributed by atoms with Gasteiger partial charge < -0.3 is 5.32 Å². The molecule has 1 N–H and O–H groups in total. The molecule has 0 saturated carbocycles. The van der Waals surface area contributed by atoms with Crippen molar-refractivity contribution in [3.05, 3.63) is 30.3 Å². The molecule has 0 bridgehead atoms. The highest BCUT2D eigenvalue weighted by Crippen LogP contribution is 2.35. The second-order valence-corrected chi connectivity index (χ2v) is 6.80. The first-order valence-corrected chi connectivity index (χ1v) is 9.97. The molecule has 0 spiro atoms. The quantitative estimate of drug-likeness (QED) is 0.498. The molecule has 2 amide bonds. The number of anilines is 1. The zero-order valence-electron chi connectivity index (χ0n) is 15.9. The number of para-hydroxylation sites is 1. The molecule has 5 heteroatoms. The smallest absolute Gasteiger partial charge is 0.324 e. The van der Waals surface area contributed by atoms with Crippen LogP contribution in [0.25, 0.3) is 0 Å². The second-order valence-electron chi connectivity index (χ2n) is 6.01. The molecule has 0 heterocycles. The first-order chi connectivity index (χ1) is 11.5. The molecule has 0 fully saturated rings. The molecule has 0 aliphatic carbocycles. The van der Waals surface area contributed by atoms with Crippen LogP contribution in [-0.2, 0) is 4.57 Å². The molecular formula is C19H34N2O2P+. The zero-order chi connectivity index (χ0) is 18.4. The van der Waals surface area contributed by atoms with Gasteiger partial charge in [0.25, 0.3) is 0 Å². The van der Waals surface area contributed by atoms with Crippen molar-refractivity contribution < 1.29 is 9.36 Å². The lowest BCUT2D eigenvalue weighted by Crippen LogP contribution is -2.34. The predicted molar refractivity (Wildman–Crippen MR) is 106 cm³/mol. The van der Waals surface area contributed by atoms with Crippen LogP contribution >= 0.6 is 8.46 Å². The summed E-state index contributed by atoms with van der Waals surface area (Å²) in [6, 6.07) is 9.37. The number of hydrogen-bond donors (Lipinski definition) is 1. The van der Waals surface area contributed by atoms with Crippen molar-refractivity contribution >= 4 is 20.2 Å². The summed E-state index contributed by atoms with van der Waals surface area (Å²) < 4.78 is 10.3. The highest BCUT2D eigenvalue weighted by atomic mass is 31.1. The van der Waals surface area contributed by atoms with E-state index in [9.17, 15) is 9.36 Å². The third-order valence-electron chi connectivity index (χ3n) is 4.90. The minimum absolute atomic E-state index is 0.102. The van der Waals surface area contributed by atoms with Crippen molar-refractivity contribution in [2.24, 2.45) is 5.41 Å². The van der Waals surface area contributed by atoms with Crippen LogP contribution < -0.4 is 10.2 Å². The van der Waals surface area contributed by atoms with Crippen LogP contribution in [-0.4, -0.2) is 26.3 Å². The summed E-state index contributed by atoms with van der Waals surface area (Å²) in [5.41, 5.74) is 1.43. The summed E-state index contributed by atoms with van der Waals surface area (Å²) in [6.07, 6.45) is 7.08. The molecule has 1 aromatic rings. The van der Waals surface area contributed by atoms with Crippen molar-refractivity contribution in [2.75, 3.05) is 25.2 Å². The average Bonchev–Trinajstić information content (AvgIpc) is 2.66. The Morgan fingerprint density at radius 3 is 2.08 bits per heavy atom. The van der Waals surface area contributed by atoms with Crippen LogP contribution in [0, 0.1) is 5.41 Å². The first-order valence-electron chi connectivity index (χ1n) is 8.85. The van der Waals surface area contributed by atoms with Gasteiger partial charge in [0.2, 0.25) is 0 Å². The fourth-order valence-corrected chi connectivity index (χ4v) is 3.07. The Labute approximate surface area is 149 Å². The Kier molecular flexibility index (Phi) is 12.2. The molecule has 24 heavy (non-hydrogen) atoms. The van der Waals surface area contributed by atoms with Gasteiger partial charge >= 0.3 is 14.5 Å². The third-order valence-corrected chi connectivity index (χ3v) is 5.46. The monoisotopic (exact) mass is 353 g/mol. The Bertz CT molecular complexity index is 453. The van der Waals surface area contributed by atoms with E-state index in [2.05, 4.69) is 26.1 Å². The lowest BCUT2D eigenvalue weighted by Gasteiger charge is -2.29. The fourth-order valence-electron chi connectivity index (χ4n) is 2.75. The number of nitrogens with one attached hydrogen (secondary N) is 1. The standard InChI is InChI=1S/C10H21OP.C9H12N2O/c1-4-10(5-2,6-3)8-7-9-12-11;1-10-9(12)11(2)8-6-4-3-5-7-8/h4-9H2,1-3H3;3-7H,1-2H3,(H,10,12)/p+1. The maximum atomic E-state index is 11.1. The average molecular weight is 353 g/mol. The molecule has 1 aromatic carbocycles. The van der Waals surface area contributed by atoms with Crippen molar-refractivity contribution in [1.29, 1.82) is 0 Å². The van der Waals surface area contributed by atoms with Gasteiger partial charge in [-0.15, -0.1) is 0 Å². The fraction of sp³-hybridized carbons (Fsp3) is 0.632. The van der Waals surface area contributed by atoms with Gasteiger partial charge in [0.05, 0.1) is 0 Å². The summed E-state index contributed by atoms with van der Waals surface area (Å²) in [7, 11) is 3.24. The number of benzene rings is 1. The molecule has 0 aliphatic rings. The molecule has 0 saturated heterocycles. The molecule has 0 aromatic heterocycles. The van der Waals surface area contributed by atoms with Gasteiger partial charge in [0, 0.05) is 19.8 Å². The van der Waals surface area contributed by atoms with E-state index >= 15 is 0 Å². The Morgan fingerprint density at radius 1 is 1.12 bits per heavy atom. The largest absolute Gasteiger partial charge is 0.341 e. The summed E-state index contributed by atoms with van der Waals surface area (Å²) in [5, 5.41) is 2.55. The van der Waals surface area contributed by atoms with Gasteiger partial charge in [-0.1, -0.05) is 62.8 Å². The number of rotatable bonds is 8. The minimum atomic E-state index is -0.110. The molecule has 136 valence electrons. The highest BCUT2D eigenvalue weighted by Gasteiger charge is 2.23. The highest BCUT2D eigenvalue weighted by molar-refractivity contribution is 7.23. The molecule has 4 nitrogen and oxygen atoms in total. The third kappa shape index (κ3) is 7.92. The Morgan fingerprint density at radius 2 is 1.67 bits per heavy atom. The number of urea groups is 1. The van der Waals surface area contributed by atoms with Gasteiger partial charge in [0.15, 0.2) is 0 Å². The van der Waals surface area contributed by atoms with Crippen molar-refractivity contribution in [1.82, 2.24) is 5.32 Å². The van der Waals surface area contributed by atoms with E-state index in [0.717, 1.165) is 18.3 Å². The Hall–Kier alpha value is -1.41. The maximum Gasteiger partial charge on any atom is 0.324 e. The first kappa shape index (κ1) is 22.6. The molecule has 0 aliphatic heterocycles. The number of carbonyl (C=O) groups excluding carboxylic acids is 1. The lowest BCUT2D eigenvalue weighted by atomic mass is 9.76. The normalized spacial score (nSPS) is 10.7. The topological polar surface area (TPSA) is 49.4 Å². The summed E-state index contributed by atoms with van der Waals surface area (Å²) >= 11 is 0. The van der Waals surface area contributed by atoms with Gasteiger partial charge in [-0.05, 0) is 30.4 Å². The molecular weight excluding hydrogens is 319 g/mol. The van der Waals surface area contributed by atoms with Crippen molar-refractivity contribution in [3.8, 4) is 0 Å². The van der Waals surface area contributed by atoms with E-state index in [4.69, 9.17) is 0 Å². The van der Waals surface area contributed by atoms with E-state index < -0.39 is 0 Å². The number of hydrogen-bond acceptors (Lipinski definition) is 2. The molecule has 1 unspecified atom stereocenters. The molecule has 1 rings (SSSR count). The van der Waals surface area contributed by atoms with Gasteiger partial charge in [-0.25, -0.2) is 4.79 Å². The van der Waals surface area contributed by atoms with E-state index in [1.807, 2.05) is 30.3 Å². The zero-order valence-corrected chi connectivity index (χ0v) is 16.9. The van der Waals surface area contributed by atoms with Crippen LogP contribution in [0.4, 0.5) is 10.5 Å². The lowest BCUT2D eigenvalue weighted by molar-refractivity contribution is 0.227. The van der Waals surface area contributed by atoms with E-state index in [-0.39, 0.29) is 14.5 Å². The molecule has 1 atom stereocenters. The summed E-state index contributed by atoms with van der Waals surface area (Å²) in [6.45, 7) is 6.81.